The number of likely N-dealkylation sites (tertiary alicyclic amines) is 1. The summed E-state index contributed by atoms with van der Waals surface area (Å²) in [7, 11) is 0. The van der Waals surface area contributed by atoms with Crippen LogP contribution in [0, 0.1) is 11.8 Å². The van der Waals surface area contributed by atoms with E-state index in [-0.39, 0.29) is 5.91 Å². The number of amides is 1. The van der Waals surface area contributed by atoms with Crippen LogP contribution in [0.4, 0.5) is 5.69 Å². The second-order valence-electron chi connectivity index (χ2n) is 5.85. The zero-order valence-corrected chi connectivity index (χ0v) is 12.1. The topological polar surface area (TPSA) is 32.3 Å². The second-order valence-corrected chi connectivity index (χ2v) is 5.85. The van der Waals surface area contributed by atoms with E-state index in [0.717, 1.165) is 30.5 Å². The molecule has 1 fully saturated rings. The number of carbonyl (C=O) groups is 1. The fraction of sp³-hybridized carbons (Fsp3) is 0.562. The van der Waals surface area contributed by atoms with Gasteiger partial charge in [0, 0.05) is 32.2 Å². The van der Waals surface area contributed by atoms with Crippen LogP contribution in [-0.2, 0) is 11.2 Å². The minimum atomic E-state index is -0.0145. The minimum Gasteiger partial charge on any atom is -0.326 e. The van der Waals surface area contributed by atoms with Crippen LogP contribution in [0.25, 0.3) is 0 Å². The Kier molecular flexibility index (Phi) is 4.59. The number of carbonyl (C=O) groups excluding carboxylic acids is 1. The number of hydrogen-bond acceptors (Lipinski definition) is 2. The minimum absolute atomic E-state index is 0.0145. The van der Waals surface area contributed by atoms with Crippen molar-refractivity contribution in [3.63, 3.8) is 0 Å². The smallest absolute Gasteiger partial charge is 0.221 e. The van der Waals surface area contributed by atoms with E-state index in [0.29, 0.717) is 0 Å². The van der Waals surface area contributed by atoms with Gasteiger partial charge >= 0.3 is 0 Å². The Morgan fingerprint density at radius 3 is 2.63 bits per heavy atom. The molecule has 3 heteroatoms. The molecule has 1 heterocycles. The molecule has 3 nitrogen and oxygen atoms in total. The lowest BCUT2D eigenvalue weighted by atomic mass is 10.0. The summed E-state index contributed by atoms with van der Waals surface area (Å²) in [6.45, 7) is 9.75. The molecule has 0 aromatic heterocycles. The lowest BCUT2D eigenvalue weighted by Gasteiger charge is -2.15. The van der Waals surface area contributed by atoms with Gasteiger partial charge in [-0.2, -0.15) is 0 Å². The van der Waals surface area contributed by atoms with Crippen LogP contribution in [0.15, 0.2) is 24.3 Å². The van der Waals surface area contributed by atoms with E-state index in [1.165, 1.54) is 18.7 Å². The molecule has 1 N–H and O–H groups in total. The summed E-state index contributed by atoms with van der Waals surface area (Å²) in [6.07, 6.45) is 1.05. The molecule has 19 heavy (non-hydrogen) atoms. The van der Waals surface area contributed by atoms with Gasteiger partial charge in [0.15, 0.2) is 0 Å². The lowest BCUT2D eigenvalue weighted by Crippen LogP contribution is -2.23. The van der Waals surface area contributed by atoms with Crippen molar-refractivity contribution in [3.05, 3.63) is 29.8 Å². The van der Waals surface area contributed by atoms with Gasteiger partial charge in [0.2, 0.25) is 5.91 Å². The monoisotopic (exact) mass is 260 g/mol. The molecule has 1 saturated heterocycles. The number of rotatable bonds is 4. The molecule has 1 aliphatic rings. The Morgan fingerprint density at radius 2 is 2.00 bits per heavy atom. The van der Waals surface area contributed by atoms with Gasteiger partial charge < -0.3 is 10.2 Å². The molecule has 1 amide bonds. The number of nitrogens with one attached hydrogen (secondary N) is 1. The molecule has 0 aliphatic carbocycles. The zero-order valence-electron chi connectivity index (χ0n) is 12.1. The average Bonchev–Trinajstić information content (AvgIpc) is 2.66. The van der Waals surface area contributed by atoms with Crippen LogP contribution in [0.2, 0.25) is 0 Å². The average molecular weight is 260 g/mol. The van der Waals surface area contributed by atoms with Gasteiger partial charge in [-0.15, -0.1) is 0 Å². The first-order chi connectivity index (χ1) is 9.04. The van der Waals surface area contributed by atoms with Gasteiger partial charge in [0.05, 0.1) is 0 Å². The van der Waals surface area contributed by atoms with Gasteiger partial charge in [-0.1, -0.05) is 26.0 Å². The molecular formula is C16H24N2O. The summed E-state index contributed by atoms with van der Waals surface area (Å²) < 4.78 is 0. The summed E-state index contributed by atoms with van der Waals surface area (Å²) >= 11 is 0. The van der Waals surface area contributed by atoms with Gasteiger partial charge in [0.25, 0.3) is 0 Å². The number of anilines is 1. The van der Waals surface area contributed by atoms with E-state index >= 15 is 0 Å². The molecule has 2 atom stereocenters. The number of nitrogens with zero attached hydrogens (tertiary/aromatic N) is 1. The van der Waals surface area contributed by atoms with Crippen LogP contribution in [0.1, 0.15) is 26.3 Å². The first kappa shape index (κ1) is 14.1. The van der Waals surface area contributed by atoms with Crippen molar-refractivity contribution < 1.29 is 4.79 Å². The molecule has 1 aromatic rings. The van der Waals surface area contributed by atoms with Gasteiger partial charge in [-0.25, -0.2) is 0 Å². The molecule has 0 bridgehead atoms. The SMILES string of the molecule is CC(=O)Nc1cccc(CCN2CC(C)C(C)C2)c1. The number of hydrogen-bond donors (Lipinski definition) is 1. The number of benzene rings is 1. The van der Waals surface area contributed by atoms with E-state index in [1.807, 2.05) is 12.1 Å². The molecule has 1 aliphatic heterocycles. The second kappa shape index (κ2) is 6.20. The molecule has 1 aromatic carbocycles. The van der Waals surface area contributed by atoms with E-state index in [2.05, 4.69) is 36.2 Å². The molecule has 104 valence electrons. The van der Waals surface area contributed by atoms with Crippen LogP contribution in [0.5, 0.6) is 0 Å². The Bertz CT molecular complexity index is 434. The van der Waals surface area contributed by atoms with Crippen molar-refractivity contribution in [3.8, 4) is 0 Å². The van der Waals surface area contributed by atoms with E-state index in [1.54, 1.807) is 6.92 Å². The molecule has 2 unspecified atom stereocenters. The molecular weight excluding hydrogens is 236 g/mol. The zero-order chi connectivity index (χ0) is 13.8. The van der Waals surface area contributed by atoms with E-state index in [4.69, 9.17) is 0 Å². The van der Waals surface area contributed by atoms with Crippen molar-refractivity contribution in [1.29, 1.82) is 0 Å². The normalized spacial score (nSPS) is 23.5. The Balaban J connectivity index is 1.87. The van der Waals surface area contributed by atoms with Gasteiger partial charge in [-0.3, -0.25) is 4.79 Å². The van der Waals surface area contributed by atoms with Crippen molar-refractivity contribution in [2.75, 3.05) is 25.0 Å². The molecule has 2 rings (SSSR count). The fourth-order valence-electron chi connectivity index (χ4n) is 2.73. The fourth-order valence-corrected chi connectivity index (χ4v) is 2.73. The third-order valence-corrected chi connectivity index (χ3v) is 4.03. The van der Waals surface area contributed by atoms with E-state index in [9.17, 15) is 4.79 Å². The highest BCUT2D eigenvalue weighted by Crippen LogP contribution is 2.22. The van der Waals surface area contributed by atoms with Crippen molar-refractivity contribution in [2.45, 2.75) is 27.2 Å². The van der Waals surface area contributed by atoms with Crippen LogP contribution in [-0.4, -0.2) is 30.4 Å². The highest BCUT2D eigenvalue weighted by atomic mass is 16.1. The Labute approximate surface area is 116 Å². The van der Waals surface area contributed by atoms with E-state index < -0.39 is 0 Å². The van der Waals surface area contributed by atoms with Gasteiger partial charge in [-0.05, 0) is 36.0 Å². The maximum absolute atomic E-state index is 11.0. The first-order valence-electron chi connectivity index (χ1n) is 7.13. The maximum atomic E-state index is 11.0. The lowest BCUT2D eigenvalue weighted by molar-refractivity contribution is -0.114. The highest BCUT2D eigenvalue weighted by molar-refractivity contribution is 5.88. The summed E-state index contributed by atoms with van der Waals surface area (Å²) in [6, 6.07) is 8.15. The summed E-state index contributed by atoms with van der Waals surface area (Å²) in [5.41, 5.74) is 2.19. The first-order valence-corrected chi connectivity index (χ1v) is 7.13. The van der Waals surface area contributed by atoms with Gasteiger partial charge in [0.1, 0.15) is 0 Å². The van der Waals surface area contributed by atoms with Crippen LogP contribution >= 0.6 is 0 Å². The third-order valence-electron chi connectivity index (χ3n) is 4.03. The Hall–Kier alpha value is -1.35. The maximum Gasteiger partial charge on any atom is 0.221 e. The Morgan fingerprint density at radius 1 is 1.32 bits per heavy atom. The molecule has 0 saturated carbocycles. The summed E-state index contributed by atoms with van der Waals surface area (Å²) in [4.78, 5) is 13.6. The van der Waals surface area contributed by atoms with Crippen molar-refractivity contribution in [2.24, 2.45) is 11.8 Å². The predicted molar refractivity (Wildman–Crippen MR) is 79.2 cm³/mol. The van der Waals surface area contributed by atoms with Crippen molar-refractivity contribution in [1.82, 2.24) is 4.90 Å². The quantitative estimate of drug-likeness (QED) is 0.903. The predicted octanol–water partition coefficient (Wildman–Crippen LogP) is 2.78. The van der Waals surface area contributed by atoms with Crippen LogP contribution < -0.4 is 5.32 Å². The standard InChI is InChI=1S/C16H24N2O/c1-12-10-18(11-13(12)2)8-7-15-5-4-6-16(9-15)17-14(3)19/h4-6,9,12-13H,7-8,10-11H2,1-3H3,(H,17,19). The van der Waals surface area contributed by atoms with Crippen molar-refractivity contribution >= 4 is 11.6 Å². The summed E-state index contributed by atoms with van der Waals surface area (Å²) in [5, 5.41) is 2.83. The highest BCUT2D eigenvalue weighted by Gasteiger charge is 2.25. The molecule has 0 spiro atoms. The summed E-state index contributed by atoms with van der Waals surface area (Å²) in [5.74, 6) is 1.61. The third kappa shape index (κ3) is 4.06. The largest absolute Gasteiger partial charge is 0.326 e. The van der Waals surface area contributed by atoms with Crippen LogP contribution in [0.3, 0.4) is 0 Å². The molecule has 0 radical (unpaired) electrons.